The second-order valence-corrected chi connectivity index (χ2v) is 5.56. The van der Waals surface area contributed by atoms with Crippen LogP contribution in [0.1, 0.15) is 23.2 Å². The monoisotopic (exact) mass is 308 g/mol. The number of Topliss-reactive ketones (excluding diaryl/α,β-unsaturated/α-hetero) is 1. The lowest BCUT2D eigenvalue weighted by Gasteiger charge is -2.31. The Hall–Kier alpha value is -1.20. The van der Waals surface area contributed by atoms with Crippen molar-refractivity contribution in [2.75, 3.05) is 18.0 Å². The number of nitrogens with one attached hydrogen (secondary N) is 1. The van der Waals surface area contributed by atoms with Gasteiger partial charge in [0, 0.05) is 10.5 Å². The zero-order valence-electron chi connectivity index (χ0n) is 9.78. The lowest BCUT2D eigenvalue weighted by Crippen LogP contribution is -2.45. The molecule has 1 saturated heterocycles. The van der Waals surface area contributed by atoms with Crippen molar-refractivity contribution in [3.63, 3.8) is 0 Å². The van der Waals surface area contributed by atoms with Crippen molar-refractivity contribution in [3.8, 4) is 0 Å². The number of halogens is 1. The Kier molecular flexibility index (Phi) is 2.95. The van der Waals surface area contributed by atoms with E-state index >= 15 is 0 Å². The Morgan fingerprint density at radius 1 is 1.22 bits per heavy atom. The van der Waals surface area contributed by atoms with Gasteiger partial charge in [-0.05, 0) is 44.1 Å². The van der Waals surface area contributed by atoms with E-state index in [1.54, 1.807) is 17.0 Å². The summed E-state index contributed by atoms with van der Waals surface area (Å²) in [5.41, 5.74) is 1.29. The fraction of sp³-hybridized carbons (Fsp3) is 0.385. The molecule has 0 aliphatic carbocycles. The van der Waals surface area contributed by atoms with Crippen molar-refractivity contribution < 1.29 is 9.59 Å². The maximum absolute atomic E-state index is 12.1. The standard InChI is InChI=1S/C13H13BrN2O2/c14-8-1-2-10-11(7-8)16(13(18)12(10)17)9-3-5-15-6-4-9/h1-2,7,9,15H,3-6H2. The van der Waals surface area contributed by atoms with Crippen LogP contribution in [0.3, 0.4) is 0 Å². The third-order valence-electron chi connectivity index (χ3n) is 3.55. The first-order chi connectivity index (χ1) is 8.68. The molecule has 0 atom stereocenters. The molecule has 2 aliphatic heterocycles. The van der Waals surface area contributed by atoms with Crippen LogP contribution in [0.4, 0.5) is 5.69 Å². The van der Waals surface area contributed by atoms with E-state index in [1.807, 2.05) is 6.07 Å². The topological polar surface area (TPSA) is 49.4 Å². The van der Waals surface area contributed by atoms with E-state index in [1.165, 1.54) is 0 Å². The molecule has 4 nitrogen and oxygen atoms in total. The van der Waals surface area contributed by atoms with Crippen LogP contribution in [-0.2, 0) is 4.79 Å². The molecule has 94 valence electrons. The molecule has 0 bridgehead atoms. The molecular formula is C13H13BrN2O2. The Morgan fingerprint density at radius 2 is 1.94 bits per heavy atom. The van der Waals surface area contributed by atoms with Crippen LogP contribution in [0.2, 0.25) is 0 Å². The summed E-state index contributed by atoms with van der Waals surface area (Å²) in [6, 6.07) is 5.52. The van der Waals surface area contributed by atoms with Crippen molar-refractivity contribution >= 4 is 33.3 Å². The number of amides is 1. The molecule has 5 heteroatoms. The number of nitrogens with zero attached hydrogens (tertiary/aromatic N) is 1. The smallest absolute Gasteiger partial charge is 0.299 e. The van der Waals surface area contributed by atoms with Gasteiger partial charge in [0.2, 0.25) is 0 Å². The maximum atomic E-state index is 12.1. The molecule has 2 aliphatic rings. The van der Waals surface area contributed by atoms with Gasteiger partial charge in [-0.2, -0.15) is 0 Å². The van der Waals surface area contributed by atoms with E-state index in [0.717, 1.165) is 36.1 Å². The first kappa shape index (κ1) is 11.9. The number of anilines is 1. The zero-order valence-corrected chi connectivity index (χ0v) is 11.4. The Labute approximate surface area is 113 Å². The van der Waals surface area contributed by atoms with Crippen LogP contribution >= 0.6 is 15.9 Å². The third kappa shape index (κ3) is 1.78. The number of hydrogen-bond donors (Lipinski definition) is 1. The van der Waals surface area contributed by atoms with E-state index in [0.29, 0.717) is 5.56 Å². The molecule has 18 heavy (non-hydrogen) atoms. The normalized spacial score (nSPS) is 20.4. The summed E-state index contributed by atoms with van der Waals surface area (Å²) in [5.74, 6) is -0.758. The SMILES string of the molecule is O=C1C(=O)N(C2CCNCC2)c2cc(Br)ccc21. The quantitative estimate of drug-likeness (QED) is 0.804. The van der Waals surface area contributed by atoms with Crippen LogP contribution in [0.15, 0.2) is 22.7 Å². The van der Waals surface area contributed by atoms with E-state index in [-0.39, 0.29) is 17.7 Å². The number of fused-ring (bicyclic) bond motifs is 1. The van der Waals surface area contributed by atoms with E-state index in [9.17, 15) is 9.59 Å². The van der Waals surface area contributed by atoms with Gasteiger partial charge in [0.1, 0.15) is 0 Å². The third-order valence-corrected chi connectivity index (χ3v) is 4.04. The Morgan fingerprint density at radius 3 is 2.67 bits per heavy atom. The first-order valence-electron chi connectivity index (χ1n) is 6.06. The van der Waals surface area contributed by atoms with Crippen molar-refractivity contribution in [2.24, 2.45) is 0 Å². The average molecular weight is 309 g/mol. The average Bonchev–Trinajstić information content (AvgIpc) is 2.63. The van der Waals surface area contributed by atoms with Gasteiger partial charge in [-0.15, -0.1) is 0 Å². The Balaban J connectivity index is 2.02. The van der Waals surface area contributed by atoms with Gasteiger partial charge in [-0.3, -0.25) is 9.59 Å². The van der Waals surface area contributed by atoms with Crippen LogP contribution < -0.4 is 10.2 Å². The van der Waals surface area contributed by atoms with E-state index in [4.69, 9.17) is 0 Å². The molecule has 0 saturated carbocycles. The highest BCUT2D eigenvalue weighted by molar-refractivity contribution is 9.10. The highest BCUT2D eigenvalue weighted by Crippen LogP contribution is 2.34. The summed E-state index contributed by atoms with van der Waals surface area (Å²) < 4.78 is 0.891. The van der Waals surface area contributed by atoms with Crippen LogP contribution in [0.25, 0.3) is 0 Å². The highest BCUT2D eigenvalue weighted by atomic mass is 79.9. The predicted molar refractivity (Wildman–Crippen MR) is 71.9 cm³/mol. The van der Waals surface area contributed by atoms with Gasteiger partial charge >= 0.3 is 0 Å². The minimum absolute atomic E-state index is 0.137. The molecule has 1 fully saturated rings. The van der Waals surface area contributed by atoms with Gasteiger partial charge in [0.25, 0.3) is 11.7 Å². The molecule has 1 aromatic carbocycles. The molecular weight excluding hydrogens is 296 g/mol. The molecule has 0 spiro atoms. The maximum Gasteiger partial charge on any atom is 0.299 e. The number of rotatable bonds is 1. The van der Waals surface area contributed by atoms with Gasteiger partial charge < -0.3 is 10.2 Å². The number of benzene rings is 1. The number of hydrogen-bond acceptors (Lipinski definition) is 3. The van der Waals surface area contributed by atoms with E-state index < -0.39 is 0 Å². The summed E-state index contributed by atoms with van der Waals surface area (Å²) in [6.07, 6.45) is 1.79. The van der Waals surface area contributed by atoms with Gasteiger partial charge in [-0.1, -0.05) is 15.9 Å². The van der Waals surface area contributed by atoms with E-state index in [2.05, 4.69) is 21.2 Å². The summed E-state index contributed by atoms with van der Waals surface area (Å²) in [5, 5.41) is 3.27. The molecule has 1 amide bonds. The summed E-state index contributed by atoms with van der Waals surface area (Å²) in [6.45, 7) is 1.79. The van der Waals surface area contributed by atoms with Crippen molar-refractivity contribution in [1.82, 2.24) is 5.32 Å². The van der Waals surface area contributed by atoms with Gasteiger partial charge in [0.15, 0.2) is 0 Å². The lowest BCUT2D eigenvalue weighted by atomic mass is 10.0. The minimum Gasteiger partial charge on any atom is -0.317 e. The number of piperidine rings is 1. The molecule has 3 rings (SSSR count). The zero-order chi connectivity index (χ0) is 12.7. The molecule has 0 aromatic heterocycles. The largest absolute Gasteiger partial charge is 0.317 e. The first-order valence-corrected chi connectivity index (χ1v) is 6.86. The van der Waals surface area contributed by atoms with Gasteiger partial charge in [-0.25, -0.2) is 0 Å². The van der Waals surface area contributed by atoms with Gasteiger partial charge in [0.05, 0.1) is 11.3 Å². The second kappa shape index (κ2) is 4.48. The van der Waals surface area contributed by atoms with Crippen molar-refractivity contribution in [3.05, 3.63) is 28.2 Å². The van der Waals surface area contributed by atoms with Crippen LogP contribution in [0.5, 0.6) is 0 Å². The number of carbonyl (C=O) groups excluding carboxylic acids is 2. The fourth-order valence-electron chi connectivity index (χ4n) is 2.66. The molecule has 1 N–H and O–H groups in total. The molecule has 2 heterocycles. The lowest BCUT2D eigenvalue weighted by molar-refractivity contribution is -0.114. The minimum atomic E-state index is -0.380. The molecule has 0 radical (unpaired) electrons. The Bertz CT molecular complexity index is 524. The molecule has 0 unspecified atom stereocenters. The van der Waals surface area contributed by atoms with Crippen molar-refractivity contribution in [2.45, 2.75) is 18.9 Å². The predicted octanol–water partition coefficient (Wildman–Crippen LogP) is 1.73. The van der Waals surface area contributed by atoms with Crippen LogP contribution in [0, 0.1) is 0 Å². The second-order valence-electron chi connectivity index (χ2n) is 4.65. The van der Waals surface area contributed by atoms with Crippen LogP contribution in [-0.4, -0.2) is 30.8 Å². The summed E-state index contributed by atoms with van der Waals surface area (Å²) >= 11 is 3.39. The highest BCUT2D eigenvalue weighted by Gasteiger charge is 2.39. The summed E-state index contributed by atoms with van der Waals surface area (Å²) in [4.78, 5) is 25.7. The van der Waals surface area contributed by atoms with Crippen molar-refractivity contribution in [1.29, 1.82) is 0 Å². The summed E-state index contributed by atoms with van der Waals surface area (Å²) in [7, 11) is 0. The number of ketones is 1. The number of carbonyl (C=O) groups is 2. The fourth-order valence-corrected chi connectivity index (χ4v) is 3.01. The molecule has 1 aromatic rings.